The number of rotatable bonds is 6. The monoisotopic (exact) mass is 394 g/mol. The third kappa shape index (κ3) is 4.14. The van der Waals surface area contributed by atoms with Gasteiger partial charge in [-0.3, -0.25) is 4.79 Å². The van der Waals surface area contributed by atoms with Crippen LogP contribution in [0.1, 0.15) is 19.8 Å². The van der Waals surface area contributed by atoms with Gasteiger partial charge in [0.2, 0.25) is 5.91 Å². The lowest BCUT2D eigenvalue weighted by Gasteiger charge is -2.12. The zero-order valence-electron chi connectivity index (χ0n) is 13.1. The van der Waals surface area contributed by atoms with E-state index in [0.29, 0.717) is 11.7 Å². The van der Waals surface area contributed by atoms with Gasteiger partial charge in [0.25, 0.3) is 0 Å². The predicted octanol–water partition coefficient (Wildman–Crippen LogP) is 3.25. The van der Waals surface area contributed by atoms with E-state index < -0.39 is 0 Å². The Bertz CT molecular complexity index is 714. The van der Waals surface area contributed by atoms with Crippen LogP contribution in [0.2, 0.25) is 0 Å². The lowest BCUT2D eigenvalue weighted by Crippen LogP contribution is -2.35. The highest BCUT2D eigenvalue weighted by molar-refractivity contribution is 9.10. The fourth-order valence-corrected chi connectivity index (χ4v) is 3.58. The summed E-state index contributed by atoms with van der Waals surface area (Å²) < 4.78 is 2.92. The van der Waals surface area contributed by atoms with Crippen molar-refractivity contribution in [3.8, 4) is 11.4 Å². The molecule has 0 saturated heterocycles. The van der Waals surface area contributed by atoms with Crippen molar-refractivity contribution in [2.45, 2.75) is 31.0 Å². The minimum absolute atomic E-state index is 0.0569. The second-order valence-electron chi connectivity index (χ2n) is 5.86. The first-order chi connectivity index (χ1) is 11.0. The predicted molar refractivity (Wildman–Crippen MR) is 95.2 cm³/mol. The van der Waals surface area contributed by atoms with Crippen LogP contribution in [0.3, 0.4) is 0 Å². The Labute approximate surface area is 148 Å². The maximum Gasteiger partial charge on any atom is 0.230 e. The molecule has 2 aromatic rings. The summed E-state index contributed by atoms with van der Waals surface area (Å²) in [6, 6.07) is 8.21. The summed E-state index contributed by atoms with van der Waals surface area (Å²) in [5.41, 5.74) is 0.994. The van der Waals surface area contributed by atoms with E-state index in [1.54, 1.807) is 0 Å². The Morgan fingerprint density at radius 1 is 1.48 bits per heavy atom. The summed E-state index contributed by atoms with van der Waals surface area (Å²) in [5.74, 6) is 1.88. The molecule has 122 valence electrons. The highest BCUT2D eigenvalue weighted by atomic mass is 79.9. The Hall–Kier alpha value is -1.34. The van der Waals surface area contributed by atoms with Crippen molar-refractivity contribution in [2.75, 3.05) is 5.75 Å². The van der Waals surface area contributed by atoms with Crippen molar-refractivity contribution in [3.63, 3.8) is 0 Å². The second-order valence-corrected chi connectivity index (χ2v) is 7.72. The lowest BCUT2D eigenvalue weighted by atomic mass is 10.2. The zero-order chi connectivity index (χ0) is 16.4. The summed E-state index contributed by atoms with van der Waals surface area (Å²) in [7, 11) is 1.92. The number of aromatic nitrogens is 3. The van der Waals surface area contributed by atoms with Crippen LogP contribution < -0.4 is 5.32 Å². The van der Waals surface area contributed by atoms with Crippen LogP contribution >= 0.6 is 27.7 Å². The molecule has 1 fully saturated rings. The van der Waals surface area contributed by atoms with Crippen LogP contribution in [0, 0.1) is 5.92 Å². The van der Waals surface area contributed by atoms with Gasteiger partial charge in [0.05, 0.1) is 5.75 Å². The number of carbonyl (C=O) groups excluding carboxylic acids is 1. The van der Waals surface area contributed by atoms with E-state index in [-0.39, 0.29) is 11.9 Å². The van der Waals surface area contributed by atoms with Crippen molar-refractivity contribution in [1.82, 2.24) is 20.1 Å². The topological polar surface area (TPSA) is 59.8 Å². The number of nitrogens with zero attached hydrogens (tertiary/aromatic N) is 3. The molecule has 1 aromatic carbocycles. The van der Waals surface area contributed by atoms with Crippen molar-refractivity contribution in [2.24, 2.45) is 13.0 Å². The standard InChI is InChI=1S/C16H19BrN4OS/c1-10(11-6-7-11)18-14(22)9-23-16-20-19-15(21(16)2)12-4-3-5-13(17)8-12/h3-5,8,10-11H,6-7,9H2,1-2H3,(H,18,22). The molecule has 1 aromatic heterocycles. The van der Waals surface area contributed by atoms with Gasteiger partial charge in [0, 0.05) is 23.1 Å². The second kappa shape index (κ2) is 7.05. The minimum Gasteiger partial charge on any atom is -0.353 e. The van der Waals surface area contributed by atoms with E-state index in [2.05, 4.69) is 38.4 Å². The van der Waals surface area contributed by atoms with Crippen LogP contribution in [0.4, 0.5) is 0 Å². The largest absolute Gasteiger partial charge is 0.353 e. The summed E-state index contributed by atoms with van der Waals surface area (Å²) in [6.07, 6.45) is 2.46. The van der Waals surface area contributed by atoms with Crippen molar-refractivity contribution >= 4 is 33.6 Å². The summed E-state index contributed by atoms with van der Waals surface area (Å²) in [5, 5.41) is 12.2. The summed E-state index contributed by atoms with van der Waals surface area (Å²) >= 11 is 4.88. The molecule has 1 unspecified atom stereocenters. The molecule has 0 radical (unpaired) electrons. The molecule has 3 rings (SSSR count). The van der Waals surface area contributed by atoms with Gasteiger partial charge in [0.1, 0.15) is 0 Å². The van der Waals surface area contributed by atoms with Gasteiger partial charge in [0.15, 0.2) is 11.0 Å². The van der Waals surface area contributed by atoms with E-state index in [4.69, 9.17) is 0 Å². The molecule has 0 aliphatic heterocycles. The van der Waals surface area contributed by atoms with E-state index in [9.17, 15) is 4.79 Å². The van der Waals surface area contributed by atoms with Crippen molar-refractivity contribution in [3.05, 3.63) is 28.7 Å². The number of halogens is 1. The van der Waals surface area contributed by atoms with E-state index >= 15 is 0 Å². The Morgan fingerprint density at radius 3 is 2.96 bits per heavy atom. The molecular weight excluding hydrogens is 376 g/mol. The summed E-state index contributed by atoms with van der Waals surface area (Å²) in [6.45, 7) is 2.08. The van der Waals surface area contributed by atoms with Gasteiger partial charge in [-0.2, -0.15) is 0 Å². The van der Waals surface area contributed by atoms with E-state index in [1.807, 2.05) is 35.9 Å². The average molecular weight is 395 g/mol. The molecule has 1 atom stereocenters. The Kier molecular flexibility index (Phi) is 5.06. The molecule has 1 amide bonds. The molecule has 1 heterocycles. The van der Waals surface area contributed by atoms with Gasteiger partial charge >= 0.3 is 0 Å². The average Bonchev–Trinajstić information content (AvgIpc) is 3.30. The highest BCUT2D eigenvalue weighted by Crippen LogP contribution is 2.32. The number of thioether (sulfide) groups is 1. The van der Waals surface area contributed by atoms with Crippen LogP contribution in [-0.4, -0.2) is 32.5 Å². The summed E-state index contributed by atoms with van der Waals surface area (Å²) in [4.78, 5) is 12.0. The number of hydrogen-bond donors (Lipinski definition) is 1. The molecule has 7 heteroatoms. The molecule has 1 aliphatic carbocycles. The molecule has 23 heavy (non-hydrogen) atoms. The molecule has 0 spiro atoms. The lowest BCUT2D eigenvalue weighted by molar-refractivity contribution is -0.119. The van der Waals surface area contributed by atoms with E-state index in [0.717, 1.165) is 21.0 Å². The van der Waals surface area contributed by atoms with Gasteiger partial charge in [-0.15, -0.1) is 10.2 Å². The molecule has 1 aliphatic rings. The zero-order valence-corrected chi connectivity index (χ0v) is 15.5. The molecule has 5 nitrogen and oxygen atoms in total. The SMILES string of the molecule is CC(NC(=O)CSc1nnc(-c2cccc(Br)c2)n1C)C1CC1. The van der Waals surface area contributed by atoms with Crippen LogP contribution in [-0.2, 0) is 11.8 Å². The number of nitrogens with one attached hydrogen (secondary N) is 1. The fraction of sp³-hybridized carbons (Fsp3) is 0.438. The third-order valence-electron chi connectivity index (χ3n) is 3.97. The molecular formula is C16H19BrN4OS. The van der Waals surface area contributed by atoms with E-state index in [1.165, 1.54) is 24.6 Å². The third-order valence-corrected chi connectivity index (χ3v) is 5.48. The van der Waals surface area contributed by atoms with Gasteiger partial charge < -0.3 is 9.88 Å². The molecule has 1 saturated carbocycles. The van der Waals surface area contributed by atoms with Gasteiger partial charge in [-0.05, 0) is 37.8 Å². The number of amides is 1. The first-order valence-electron chi connectivity index (χ1n) is 7.62. The maximum absolute atomic E-state index is 12.0. The normalized spacial score (nSPS) is 15.4. The maximum atomic E-state index is 12.0. The van der Waals surface area contributed by atoms with Crippen molar-refractivity contribution in [1.29, 1.82) is 0 Å². The Balaban J connectivity index is 1.62. The highest BCUT2D eigenvalue weighted by Gasteiger charge is 2.28. The van der Waals surface area contributed by atoms with Gasteiger partial charge in [-0.1, -0.05) is 39.8 Å². The Morgan fingerprint density at radius 2 is 2.26 bits per heavy atom. The number of hydrogen-bond acceptors (Lipinski definition) is 4. The number of carbonyl (C=O) groups is 1. The first kappa shape index (κ1) is 16.5. The fourth-order valence-electron chi connectivity index (χ4n) is 2.46. The molecule has 0 bridgehead atoms. The van der Waals surface area contributed by atoms with Crippen LogP contribution in [0.15, 0.2) is 33.9 Å². The molecule has 1 N–H and O–H groups in total. The smallest absolute Gasteiger partial charge is 0.230 e. The first-order valence-corrected chi connectivity index (χ1v) is 9.40. The minimum atomic E-state index is 0.0569. The van der Waals surface area contributed by atoms with Gasteiger partial charge in [-0.25, -0.2) is 0 Å². The number of benzene rings is 1. The van der Waals surface area contributed by atoms with Crippen LogP contribution in [0.25, 0.3) is 11.4 Å². The quantitative estimate of drug-likeness (QED) is 0.763. The van der Waals surface area contributed by atoms with Crippen molar-refractivity contribution < 1.29 is 4.79 Å². The van der Waals surface area contributed by atoms with Crippen LogP contribution in [0.5, 0.6) is 0 Å².